The van der Waals surface area contributed by atoms with Crippen LogP contribution in [0.1, 0.15) is 37.7 Å². The molecular formula is C21H27N3O7. The number of amides is 3. The standard InChI is InChI=1S/C21H27N3O7/c1-30-17-11-13(16(24(28)29)12-18(17)31-2)7-9-22-19(25)8-10-23-20(26)14-5-3-4-6-15(14)21(23)27/h11-12,14-15H,3-10H2,1-2H3,(H,22,25). The first-order valence-corrected chi connectivity index (χ1v) is 10.4. The number of ether oxygens (including phenoxy) is 2. The number of imide groups is 1. The lowest BCUT2D eigenvalue weighted by Crippen LogP contribution is -2.35. The van der Waals surface area contributed by atoms with Crippen LogP contribution in [0.5, 0.6) is 11.5 Å². The van der Waals surface area contributed by atoms with E-state index in [1.807, 2.05) is 0 Å². The molecule has 2 aliphatic rings. The number of nitrogens with one attached hydrogen (secondary N) is 1. The summed E-state index contributed by atoms with van der Waals surface area (Å²) in [7, 11) is 2.83. The Labute approximate surface area is 180 Å². The normalized spacial score (nSPS) is 20.4. The molecule has 0 aromatic heterocycles. The number of nitro groups is 1. The van der Waals surface area contributed by atoms with Crippen LogP contribution >= 0.6 is 0 Å². The molecule has 1 N–H and O–H groups in total. The highest BCUT2D eigenvalue weighted by Crippen LogP contribution is 2.38. The number of nitro benzene ring substituents is 1. The third kappa shape index (κ3) is 4.78. The van der Waals surface area contributed by atoms with Crippen molar-refractivity contribution in [2.24, 2.45) is 11.8 Å². The van der Waals surface area contributed by atoms with Gasteiger partial charge in [-0.2, -0.15) is 0 Å². The molecule has 1 aliphatic carbocycles. The topological polar surface area (TPSA) is 128 Å². The quantitative estimate of drug-likeness (QED) is 0.357. The van der Waals surface area contributed by atoms with Gasteiger partial charge in [-0.1, -0.05) is 12.8 Å². The molecule has 1 aromatic rings. The van der Waals surface area contributed by atoms with E-state index in [0.29, 0.717) is 11.3 Å². The molecule has 1 aromatic carbocycles. The maximum atomic E-state index is 12.5. The van der Waals surface area contributed by atoms with Crippen molar-refractivity contribution in [1.82, 2.24) is 10.2 Å². The van der Waals surface area contributed by atoms with E-state index in [1.54, 1.807) is 0 Å². The summed E-state index contributed by atoms with van der Waals surface area (Å²) in [5, 5.41) is 14.1. The molecule has 2 atom stereocenters. The van der Waals surface area contributed by atoms with Gasteiger partial charge in [0.25, 0.3) is 5.69 Å². The Bertz CT molecular complexity index is 862. The average molecular weight is 433 g/mol. The van der Waals surface area contributed by atoms with Crippen molar-refractivity contribution in [1.29, 1.82) is 0 Å². The van der Waals surface area contributed by atoms with Crippen LogP contribution in [0.25, 0.3) is 0 Å². The highest BCUT2D eigenvalue weighted by molar-refractivity contribution is 6.05. The molecule has 0 bridgehead atoms. The monoisotopic (exact) mass is 433 g/mol. The molecular weight excluding hydrogens is 406 g/mol. The van der Waals surface area contributed by atoms with Gasteiger partial charge in [-0.3, -0.25) is 29.4 Å². The molecule has 0 radical (unpaired) electrons. The van der Waals surface area contributed by atoms with Gasteiger partial charge in [0.1, 0.15) is 0 Å². The lowest BCUT2D eigenvalue weighted by molar-refractivity contribution is -0.385. The van der Waals surface area contributed by atoms with Crippen molar-refractivity contribution in [2.75, 3.05) is 27.3 Å². The van der Waals surface area contributed by atoms with E-state index in [1.165, 1.54) is 31.3 Å². The number of nitrogens with zero attached hydrogens (tertiary/aromatic N) is 2. The lowest BCUT2D eigenvalue weighted by Gasteiger charge is -2.19. The molecule has 2 unspecified atom stereocenters. The summed E-state index contributed by atoms with van der Waals surface area (Å²) in [6, 6.07) is 2.81. The number of carbonyl (C=O) groups is 3. The van der Waals surface area contributed by atoms with Crippen molar-refractivity contribution >= 4 is 23.4 Å². The Morgan fingerprint density at radius 1 is 1.13 bits per heavy atom. The largest absolute Gasteiger partial charge is 0.493 e. The van der Waals surface area contributed by atoms with Crippen LogP contribution in [0.4, 0.5) is 5.69 Å². The minimum atomic E-state index is -0.511. The van der Waals surface area contributed by atoms with E-state index in [4.69, 9.17) is 9.47 Å². The molecule has 1 heterocycles. The van der Waals surface area contributed by atoms with E-state index in [9.17, 15) is 24.5 Å². The first kappa shape index (κ1) is 22.5. The van der Waals surface area contributed by atoms with Crippen molar-refractivity contribution < 1.29 is 28.8 Å². The Morgan fingerprint density at radius 3 is 2.26 bits per heavy atom. The molecule has 31 heavy (non-hydrogen) atoms. The van der Waals surface area contributed by atoms with Crippen LogP contribution in [-0.4, -0.2) is 54.9 Å². The van der Waals surface area contributed by atoms with Gasteiger partial charge in [-0.25, -0.2) is 0 Å². The summed E-state index contributed by atoms with van der Waals surface area (Å²) >= 11 is 0. The predicted molar refractivity (Wildman–Crippen MR) is 110 cm³/mol. The minimum absolute atomic E-state index is 0.00491. The maximum absolute atomic E-state index is 12.5. The van der Waals surface area contributed by atoms with Gasteiger partial charge in [0.2, 0.25) is 17.7 Å². The fourth-order valence-corrected chi connectivity index (χ4v) is 4.37. The summed E-state index contributed by atoms with van der Waals surface area (Å²) < 4.78 is 10.3. The number of hydrogen-bond acceptors (Lipinski definition) is 7. The summed E-state index contributed by atoms with van der Waals surface area (Å²) in [6.45, 7) is 0.231. The first-order valence-electron chi connectivity index (χ1n) is 10.4. The van der Waals surface area contributed by atoms with Crippen molar-refractivity contribution in [3.05, 3.63) is 27.8 Å². The van der Waals surface area contributed by atoms with E-state index < -0.39 is 4.92 Å². The van der Waals surface area contributed by atoms with Gasteiger partial charge in [0.05, 0.1) is 37.0 Å². The molecule has 2 fully saturated rings. The number of benzene rings is 1. The van der Waals surface area contributed by atoms with Crippen LogP contribution in [0.15, 0.2) is 12.1 Å². The number of hydrogen-bond donors (Lipinski definition) is 1. The molecule has 3 amide bonds. The van der Waals surface area contributed by atoms with E-state index in [0.717, 1.165) is 25.7 Å². The summed E-state index contributed by atoms with van der Waals surface area (Å²) in [6.07, 6.45) is 3.61. The summed E-state index contributed by atoms with van der Waals surface area (Å²) in [4.78, 5) is 49.2. The van der Waals surface area contributed by atoms with Crippen LogP contribution in [0.3, 0.4) is 0 Å². The molecule has 0 spiro atoms. The number of carbonyl (C=O) groups excluding carboxylic acids is 3. The number of fused-ring (bicyclic) bond motifs is 1. The van der Waals surface area contributed by atoms with Gasteiger partial charge in [-0.15, -0.1) is 0 Å². The minimum Gasteiger partial charge on any atom is -0.493 e. The second-order valence-electron chi connectivity index (χ2n) is 7.77. The fourth-order valence-electron chi connectivity index (χ4n) is 4.37. The Balaban J connectivity index is 1.53. The second-order valence-corrected chi connectivity index (χ2v) is 7.77. The first-order chi connectivity index (χ1) is 14.9. The highest BCUT2D eigenvalue weighted by Gasteiger charge is 2.47. The predicted octanol–water partition coefficient (Wildman–Crippen LogP) is 1.84. The van der Waals surface area contributed by atoms with Gasteiger partial charge in [-0.05, 0) is 25.3 Å². The fraction of sp³-hybridized carbons (Fsp3) is 0.571. The molecule has 168 valence electrons. The maximum Gasteiger partial charge on any atom is 0.276 e. The SMILES string of the molecule is COc1cc(CCNC(=O)CCN2C(=O)C3CCCCC3C2=O)c([N+](=O)[O-])cc1OC. The molecule has 1 saturated carbocycles. The van der Waals surface area contributed by atoms with Crippen LogP contribution in [0, 0.1) is 22.0 Å². The zero-order chi connectivity index (χ0) is 22.5. The third-order valence-electron chi connectivity index (χ3n) is 5.99. The van der Waals surface area contributed by atoms with Gasteiger partial charge < -0.3 is 14.8 Å². The molecule has 1 aliphatic heterocycles. The zero-order valence-electron chi connectivity index (χ0n) is 17.7. The Morgan fingerprint density at radius 2 is 1.71 bits per heavy atom. The number of methoxy groups -OCH3 is 2. The molecule has 10 nitrogen and oxygen atoms in total. The van der Waals surface area contributed by atoms with Crippen molar-refractivity contribution in [3.63, 3.8) is 0 Å². The van der Waals surface area contributed by atoms with E-state index >= 15 is 0 Å². The van der Waals surface area contributed by atoms with Gasteiger partial charge in [0.15, 0.2) is 11.5 Å². The lowest BCUT2D eigenvalue weighted by atomic mass is 9.81. The van der Waals surface area contributed by atoms with Crippen molar-refractivity contribution in [2.45, 2.75) is 38.5 Å². The highest BCUT2D eigenvalue weighted by atomic mass is 16.6. The van der Waals surface area contributed by atoms with Crippen LogP contribution < -0.4 is 14.8 Å². The van der Waals surface area contributed by atoms with Gasteiger partial charge >= 0.3 is 0 Å². The smallest absolute Gasteiger partial charge is 0.276 e. The number of rotatable bonds is 9. The molecule has 1 saturated heterocycles. The second kappa shape index (κ2) is 9.76. The van der Waals surface area contributed by atoms with Crippen molar-refractivity contribution in [3.8, 4) is 11.5 Å². The average Bonchev–Trinajstić information content (AvgIpc) is 3.01. The third-order valence-corrected chi connectivity index (χ3v) is 5.99. The van der Waals surface area contributed by atoms with E-state index in [-0.39, 0.29) is 66.9 Å². The molecule has 3 rings (SSSR count). The van der Waals surface area contributed by atoms with E-state index in [2.05, 4.69) is 5.32 Å². The summed E-state index contributed by atoms with van der Waals surface area (Å²) in [5.74, 6) is -0.486. The zero-order valence-corrected chi connectivity index (χ0v) is 17.7. The Kier molecular flexibility index (Phi) is 7.09. The van der Waals surface area contributed by atoms with Crippen LogP contribution in [0.2, 0.25) is 0 Å². The Hall–Kier alpha value is -3.17. The molecule has 10 heteroatoms. The van der Waals surface area contributed by atoms with Crippen LogP contribution in [-0.2, 0) is 20.8 Å². The summed E-state index contributed by atoms with van der Waals surface area (Å²) in [5.41, 5.74) is 0.277. The van der Waals surface area contributed by atoms with Gasteiger partial charge in [0, 0.05) is 25.1 Å². The number of likely N-dealkylation sites (tertiary alicyclic amines) is 1.